The molecule has 3 aromatic rings. The normalized spacial score (nSPS) is 13.9. The summed E-state index contributed by atoms with van der Waals surface area (Å²) in [5.41, 5.74) is 1.05. The molecule has 0 amide bonds. The van der Waals surface area contributed by atoms with Crippen LogP contribution in [0.25, 0.3) is 0 Å². The second kappa shape index (κ2) is 8.42. The predicted octanol–water partition coefficient (Wildman–Crippen LogP) is 2.81. The molecule has 2 atom stereocenters. The summed E-state index contributed by atoms with van der Waals surface area (Å²) in [5.74, 6) is 1.96. The van der Waals surface area contributed by atoms with Crippen LogP contribution < -0.4 is 0 Å². The van der Waals surface area contributed by atoms with Gasteiger partial charge in [-0.3, -0.25) is 5.10 Å². The summed E-state index contributed by atoms with van der Waals surface area (Å²) >= 11 is 6.04. The maximum absolute atomic E-state index is 10.1. The van der Waals surface area contributed by atoms with Crippen molar-refractivity contribution >= 4 is 11.6 Å². The number of benzene rings is 1. The minimum absolute atomic E-state index is 0.0567. The Morgan fingerprint density at radius 2 is 1.92 bits per heavy atom. The first-order valence-electron chi connectivity index (χ1n) is 8.67. The van der Waals surface area contributed by atoms with E-state index in [2.05, 4.69) is 39.1 Å². The number of hydrogen-bond acceptors (Lipinski definition) is 5. The Hall–Kier alpha value is -2.25. The first-order chi connectivity index (χ1) is 12.6. The number of halogens is 1. The maximum Gasteiger partial charge on any atom is 0.150 e. The van der Waals surface area contributed by atoms with Gasteiger partial charge in [0.2, 0.25) is 0 Å². The minimum atomic E-state index is -0.269. The van der Waals surface area contributed by atoms with Gasteiger partial charge in [-0.05, 0) is 23.6 Å². The molecule has 0 aliphatic rings. The molecule has 1 aromatic carbocycles. The SMILES string of the molecule is CC(C)Cc1ncn(C(CO)C(Cc2ncn[nH]2)c2ccc(Cl)cc2)n1. The Balaban J connectivity index is 1.92. The van der Waals surface area contributed by atoms with E-state index in [1.54, 1.807) is 11.0 Å². The summed E-state index contributed by atoms with van der Waals surface area (Å²) in [7, 11) is 0. The molecule has 0 aliphatic carbocycles. The highest BCUT2D eigenvalue weighted by Gasteiger charge is 2.27. The van der Waals surface area contributed by atoms with Gasteiger partial charge in [0.15, 0.2) is 5.82 Å². The van der Waals surface area contributed by atoms with Crippen molar-refractivity contribution in [2.24, 2.45) is 5.92 Å². The smallest absolute Gasteiger partial charge is 0.150 e. The number of nitrogens with one attached hydrogen (secondary N) is 1. The standard InChI is InChI=1S/C18H23ClN6O/c1-12(2)7-18-21-11-25(24-18)16(9-26)15(8-17-20-10-22-23-17)13-3-5-14(19)6-4-13/h3-6,10-12,15-16,26H,7-9H2,1-2H3,(H,20,22,23). The number of rotatable bonds is 8. The summed E-state index contributed by atoms with van der Waals surface area (Å²) in [4.78, 5) is 8.63. The van der Waals surface area contributed by atoms with E-state index in [0.29, 0.717) is 17.4 Å². The third-order valence-electron chi connectivity index (χ3n) is 4.31. The molecule has 0 fully saturated rings. The van der Waals surface area contributed by atoms with Crippen LogP contribution in [0.15, 0.2) is 36.9 Å². The van der Waals surface area contributed by atoms with Crippen LogP contribution in [0.5, 0.6) is 0 Å². The van der Waals surface area contributed by atoms with Crippen molar-refractivity contribution in [2.75, 3.05) is 6.61 Å². The van der Waals surface area contributed by atoms with Crippen LogP contribution in [0.2, 0.25) is 5.02 Å². The van der Waals surface area contributed by atoms with Crippen molar-refractivity contribution < 1.29 is 5.11 Å². The number of aliphatic hydroxyl groups excluding tert-OH is 1. The second-order valence-electron chi connectivity index (χ2n) is 6.78. The number of aromatic nitrogens is 6. The van der Waals surface area contributed by atoms with E-state index in [0.717, 1.165) is 23.6 Å². The Kier molecular flexibility index (Phi) is 6.00. The van der Waals surface area contributed by atoms with E-state index >= 15 is 0 Å². The molecule has 0 spiro atoms. The average Bonchev–Trinajstić information content (AvgIpc) is 3.27. The van der Waals surface area contributed by atoms with Gasteiger partial charge in [0.1, 0.15) is 18.5 Å². The van der Waals surface area contributed by atoms with Crippen LogP contribution in [0.3, 0.4) is 0 Å². The molecule has 2 aromatic heterocycles. The number of H-pyrrole nitrogens is 1. The fourth-order valence-electron chi connectivity index (χ4n) is 3.05. The Bertz CT molecular complexity index is 799. The third-order valence-corrected chi connectivity index (χ3v) is 4.57. The van der Waals surface area contributed by atoms with Crippen LogP contribution >= 0.6 is 11.6 Å². The number of nitrogens with zero attached hydrogens (tertiary/aromatic N) is 5. The molecule has 0 radical (unpaired) electrons. The van der Waals surface area contributed by atoms with E-state index in [4.69, 9.17) is 11.6 Å². The monoisotopic (exact) mass is 374 g/mol. The lowest BCUT2D eigenvalue weighted by atomic mass is 9.88. The molecule has 8 heteroatoms. The molecule has 2 N–H and O–H groups in total. The van der Waals surface area contributed by atoms with Gasteiger partial charge in [0, 0.05) is 23.8 Å². The van der Waals surface area contributed by atoms with Crippen molar-refractivity contribution in [3.05, 3.63) is 59.2 Å². The number of hydrogen-bond donors (Lipinski definition) is 2. The lowest BCUT2D eigenvalue weighted by Crippen LogP contribution is -2.24. The first-order valence-corrected chi connectivity index (χ1v) is 9.05. The molecule has 3 rings (SSSR count). The Morgan fingerprint density at radius 3 is 2.54 bits per heavy atom. The zero-order valence-electron chi connectivity index (χ0n) is 14.9. The zero-order chi connectivity index (χ0) is 18.5. The Labute approximate surface area is 157 Å². The molecule has 2 heterocycles. The van der Waals surface area contributed by atoms with Crippen LogP contribution in [-0.4, -0.2) is 41.7 Å². The average molecular weight is 375 g/mol. The fourth-order valence-corrected chi connectivity index (χ4v) is 3.17. The summed E-state index contributed by atoms with van der Waals surface area (Å²) in [5, 5.41) is 22.2. The van der Waals surface area contributed by atoms with Crippen LogP contribution in [0, 0.1) is 5.92 Å². The summed E-state index contributed by atoms with van der Waals surface area (Å²) in [6.07, 6.45) is 4.57. The van der Waals surface area contributed by atoms with Crippen molar-refractivity contribution in [1.82, 2.24) is 29.9 Å². The molecule has 0 saturated carbocycles. The fraction of sp³-hybridized carbons (Fsp3) is 0.444. The lowest BCUT2D eigenvalue weighted by Gasteiger charge is -2.25. The molecular formula is C18H23ClN6O. The van der Waals surface area contributed by atoms with Gasteiger partial charge in [-0.2, -0.15) is 10.2 Å². The first kappa shape index (κ1) is 18.5. The van der Waals surface area contributed by atoms with Gasteiger partial charge in [-0.15, -0.1) is 0 Å². The highest BCUT2D eigenvalue weighted by Crippen LogP contribution is 2.31. The van der Waals surface area contributed by atoms with Gasteiger partial charge >= 0.3 is 0 Å². The largest absolute Gasteiger partial charge is 0.394 e. The van der Waals surface area contributed by atoms with Gasteiger partial charge in [-0.1, -0.05) is 37.6 Å². The molecule has 0 bridgehead atoms. The molecule has 0 aliphatic heterocycles. The minimum Gasteiger partial charge on any atom is -0.394 e. The van der Waals surface area contributed by atoms with E-state index in [9.17, 15) is 5.11 Å². The van der Waals surface area contributed by atoms with Crippen LogP contribution in [-0.2, 0) is 12.8 Å². The topological polar surface area (TPSA) is 92.5 Å². The zero-order valence-corrected chi connectivity index (χ0v) is 15.6. The van der Waals surface area contributed by atoms with Gasteiger partial charge in [0.25, 0.3) is 0 Å². The van der Waals surface area contributed by atoms with Crippen molar-refractivity contribution in [3.8, 4) is 0 Å². The maximum atomic E-state index is 10.1. The summed E-state index contributed by atoms with van der Waals surface area (Å²) in [6, 6.07) is 7.37. The highest BCUT2D eigenvalue weighted by atomic mass is 35.5. The third kappa shape index (κ3) is 4.47. The van der Waals surface area contributed by atoms with E-state index < -0.39 is 0 Å². The molecular weight excluding hydrogens is 352 g/mol. The van der Waals surface area contributed by atoms with Crippen molar-refractivity contribution in [3.63, 3.8) is 0 Å². The molecule has 7 nitrogen and oxygen atoms in total. The lowest BCUT2D eigenvalue weighted by molar-refractivity contribution is 0.193. The van der Waals surface area contributed by atoms with Gasteiger partial charge < -0.3 is 5.11 Å². The summed E-state index contributed by atoms with van der Waals surface area (Å²) < 4.78 is 1.76. The molecule has 0 saturated heterocycles. The predicted molar refractivity (Wildman–Crippen MR) is 99.0 cm³/mol. The number of aromatic amines is 1. The van der Waals surface area contributed by atoms with Gasteiger partial charge in [-0.25, -0.2) is 14.6 Å². The van der Waals surface area contributed by atoms with E-state index in [1.807, 2.05) is 24.3 Å². The van der Waals surface area contributed by atoms with E-state index in [-0.39, 0.29) is 18.6 Å². The molecule has 138 valence electrons. The quantitative estimate of drug-likeness (QED) is 0.632. The molecule has 26 heavy (non-hydrogen) atoms. The highest BCUT2D eigenvalue weighted by molar-refractivity contribution is 6.30. The summed E-state index contributed by atoms with van der Waals surface area (Å²) in [6.45, 7) is 4.20. The van der Waals surface area contributed by atoms with Crippen LogP contribution in [0.1, 0.15) is 43.0 Å². The van der Waals surface area contributed by atoms with E-state index in [1.165, 1.54) is 6.33 Å². The van der Waals surface area contributed by atoms with Crippen LogP contribution in [0.4, 0.5) is 0 Å². The number of aliphatic hydroxyl groups is 1. The van der Waals surface area contributed by atoms with Gasteiger partial charge in [0.05, 0.1) is 12.6 Å². The van der Waals surface area contributed by atoms with Crippen molar-refractivity contribution in [2.45, 2.75) is 38.6 Å². The molecule has 2 unspecified atom stereocenters. The Morgan fingerprint density at radius 1 is 1.15 bits per heavy atom. The van der Waals surface area contributed by atoms with Crippen molar-refractivity contribution in [1.29, 1.82) is 0 Å². The second-order valence-corrected chi connectivity index (χ2v) is 7.22.